The Morgan fingerprint density at radius 1 is 1.20 bits per heavy atom. The number of benzene rings is 2. The highest BCUT2D eigenvalue weighted by Gasteiger charge is 2.20. The minimum atomic E-state index is -4.00. The van der Waals surface area contributed by atoms with Crippen LogP contribution in [-0.4, -0.2) is 8.42 Å². The molecule has 0 aromatic heterocycles. The summed E-state index contributed by atoms with van der Waals surface area (Å²) in [5, 5.41) is 0. The number of nitrogen functional groups attached to an aromatic ring is 1. The van der Waals surface area contributed by atoms with Crippen molar-refractivity contribution in [3.63, 3.8) is 0 Å². The molecule has 0 bridgehead atoms. The van der Waals surface area contributed by atoms with Crippen molar-refractivity contribution in [3.05, 3.63) is 52.3 Å². The van der Waals surface area contributed by atoms with Crippen molar-refractivity contribution >= 4 is 37.3 Å². The highest BCUT2D eigenvalue weighted by Crippen LogP contribution is 2.24. The molecule has 4 nitrogen and oxygen atoms in total. The van der Waals surface area contributed by atoms with Crippen molar-refractivity contribution in [2.75, 3.05) is 10.5 Å². The lowest BCUT2D eigenvalue weighted by Gasteiger charge is -2.12. The van der Waals surface area contributed by atoms with E-state index in [-0.39, 0.29) is 0 Å². The van der Waals surface area contributed by atoms with Crippen molar-refractivity contribution in [3.8, 4) is 0 Å². The van der Waals surface area contributed by atoms with E-state index in [0.717, 1.165) is 6.07 Å². The Morgan fingerprint density at radius 2 is 1.90 bits per heavy atom. The number of hydrogen-bond donors (Lipinski definition) is 2. The Bertz CT molecular complexity index is 763. The summed E-state index contributed by atoms with van der Waals surface area (Å²) in [5.41, 5.74) is 7.06. The molecular formula is C13H12BrFN2O2S. The Kier molecular flexibility index (Phi) is 4.01. The number of nitrogens with two attached hydrogens (primary N) is 1. The fourth-order valence-corrected chi connectivity index (χ4v) is 3.16. The summed E-state index contributed by atoms with van der Waals surface area (Å²) in [5.74, 6) is -0.826. The molecule has 0 aliphatic heterocycles. The highest BCUT2D eigenvalue weighted by atomic mass is 79.9. The molecule has 0 heterocycles. The molecule has 0 aliphatic carbocycles. The molecule has 0 atom stereocenters. The van der Waals surface area contributed by atoms with Gasteiger partial charge in [-0.15, -0.1) is 0 Å². The zero-order valence-corrected chi connectivity index (χ0v) is 12.9. The molecule has 2 aromatic rings. The molecule has 0 fully saturated rings. The van der Waals surface area contributed by atoms with Crippen LogP contribution in [0.1, 0.15) is 5.56 Å². The summed E-state index contributed by atoms with van der Waals surface area (Å²) in [4.78, 5) is -0.414. The third kappa shape index (κ3) is 3.10. The van der Waals surface area contributed by atoms with Gasteiger partial charge in [0.25, 0.3) is 10.0 Å². The van der Waals surface area contributed by atoms with Crippen molar-refractivity contribution in [1.82, 2.24) is 0 Å². The van der Waals surface area contributed by atoms with E-state index in [2.05, 4.69) is 20.7 Å². The van der Waals surface area contributed by atoms with E-state index in [1.54, 1.807) is 19.1 Å². The quantitative estimate of drug-likeness (QED) is 0.827. The van der Waals surface area contributed by atoms with Gasteiger partial charge in [-0.25, -0.2) is 12.8 Å². The molecule has 2 aromatic carbocycles. The van der Waals surface area contributed by atoms with E-state index in [1.165, 1.54) is 18.2 Å². The summed E-state index contributed by atoms with van der Waals surface area (Å²) in [6.45, 7) is 1.73. The monoisotopic (exact) mass is 358 g/mol. The second-order valence-corrected chi connectivity index (χ2v) is 6.82. The maximum Gasteiger partial charge on any atom is 0.264 e. The minimum absolute atomic E-state index is 0.326. The summed E-state index contributed by atoms with van der Waals surface area (Å²) < 4.78 is 40.9. The molecule has 0 aliphatic rings. The third-order valence-electron chi connectivity index (χ3n) is 2.69. The number of aryl methyl sites for hydroxylation is 1. The molecule has 106 valence electrons. The van der Waals surface area contributed by atoms with Gasteiger partial charge in [-0.1, -0.05) is 22.0 Å². The molecule has 2 rings (SSSR count). The molecule has 7 heteroatoms. The zero-order chi connectivity index (χ0) is 14.9. The molecule has 0 spiro atoms. The van der Waals surface area contributed by atoms with Crippen LogP contribution in [-0.2, 0) is 10.0 Å². The van der Waals surface area contributed by atoms with Gasteiger partial charge in [0, 0.05) is 10.2 Å². The van der Waals surface area contributed by atoms with Gasteiger partial charge in [0.2, 0.25) is 0 Å². The van der Waals surface area contributed by atoms with Gasteiger partial charge in [0.1, 0.15) is 10.7 Å². The van der Waals surface area contributed by atoms with Gasteiger partial charge in [-0.2, -0.15) is 0 Å². The zero-order valence-electron chi connectivity index (χ0n) is 10.5. The van der Waals surface area contributed by atoms with Crippen LogP contribution in [0.2, 0.25) is 0 Å². The second-order valence-electron chi connectivity index (χ2n) is 4.25. The maximum absolute atomic E-state index is 13.8. The van der Waals surface area contributed by atoms with Gasteiger partial charge in [-0.3, -0.25) is 4.72 Å². The Morgan fingerprint density at radius 3 is 2.55 bits per heavy atom. The highest BCUT2D eigenvalue weighted by molar-refractivity contribution is 9.10. The molecule has 0 radical (unpaired) electrons. The number of anilines is 2. The lowest BCUT2D eigenvalue weighted by Crippen LogP contribution is -2.15. The number of hydrogen-bond acceptors (Lipinski definition) is 3. The van der Waals surface area contributed by atoms with Crippen LogP contribution in [0.25, 0.3) is 0 Å². The fourth-order valence-electron chi connectivity index (χ4n) is 1.64. The SMILES string of the molecule is Cc1ccc(N)cc1NS(=O)(=O)c1ccc(Br)cc1F. The van der Waals surface area contributed by atoms with Crippen LogP contribution in [0.3, 0.4) is 0 Å². The van der Waals surface area contributed by atoms with Crippen LogP contribution in [0.4, 0.5) is 15.8 Å². The van der Waals surface area contributed by atoms with E-state index in [1.807, 2.05) is 0 Å². The standard InChI is InChI=1S/C13H12BrFN2O2S/c1-8-2-4-10(16)7-12(8)17-20(18,19)13-5-3-9(14)6-11(13)15/h2-7,17H,16H2,1H3. The predicted octanol–water partition coefficient (Wildman–Crippen LogP) is 3.28. The van der Waals surface area contributed by atoms with Crippen molar-refractivity contribution in [1.29, 1.82) is 0 Å². The number of sulfonamides is 1. The number of rotatable bonds is 3. The van der Waals surface area contributed by atoms with Crippen molar-refractivity contribution < 1.29 is 12.8 Å². The summed E-state index contributed by atoms with van der Waals surface area (Å²) >= 11 is 3.08. The summed E-state index contributed by atoms with van der Waals surface area (Å²) in [6, 6.07) is 8.59. The van der Waals surface area contributed by atoms with E-state index >= 15 is 0 Å². The van der Waals surface area contributed by atoms with Crippen molar-refractivity contribution in [2.24, 2.45) is 0 Å². The summed E-state index contributed by atoms with van der Waals surface area (Å²) in [7, 11) is -4.00. The van der Waals surface area contributed by atoms with Crippen LogP contribution in [0.5, 0.6) is 0 Å². The fraction of sp³-hybridized carbons (Fsp3) is 0.0769. The molecule has 0 amide bonds. The first-order valence-corrected chi connectivity index (χ1v) is 7.91. The molecule has 3 N–H and O–H groups in total. The molecule has 20 heavy (non-hydrogen) atoms. The number of nitrogens with one attached hydrogen (secondary N) is 1. The molecule has 0 unspecified atom stereocenters. The van der Waals surface area contributed by atoms with Crippen LogP contribution >= 0.6 is 15.9 Å². The van der Waals surface area contributed by atoms with E-state index in [4.69, 9.17) is 5.73 Å². The Balaban J connectivity index is 2.43. The Hall–Kier alpha value is -1.60. The van der Waals surface area contributed by atoms with Gasteiger partial charge in [0.05, 0.1) is 5.69 Å². The van der Waals surface area contributed by atoms with E-state index in [9.17, 15) is 12.8 Å². The molecule has 0 saturated carbocycles. The van der Waals surface area contributed by atoms with Crippen LogP contribution in [0, 0.1) is 12.7 Å². The van der Waals surface area contributed by atoms with E-state index in [0.29, 0.717) is 21.4 Å². The average Bonchev–Trinajstić information content (AvgIpc) is 2.33. The van der Waals surface area contributed by atoms with Crippen LogP contribution < -0.4 is 10.5 Å². The maximum atomic E-state index is 13.8. The van der Waals surface area contributed by atoms with Crippen LogP contribution in [0.15, 0.2) is 45.8 Å². The smallest absolute Gasteiger partial charge is 0.264 e. The average molecular weight is 359 g/mol. The first kappa shape index (κ1) is 14.8. The van der Waals surface area contributed by atoms with Gasteiger partial charge < -0.3 is 5.73 Å². The lowest BCUT2D eigenvalue weighted by atomic mass is 10.2. The molecular weight excluding hydrogens is 347 g/mol. The minimum Gasteiger partial charge on any atom is -0.399 e. The van der Waals surface area contributed by atoms with E-state index < -0.39 is 20.7 Å². The largest absolute Gasteiger partial charge is 0.399 e. The lowest BCUT2D eigenvalue weighted by molar-refractivity contribution is 0.570. The summed E-state index contributed by atoms with van der Waals surface area (Å²) in [6.07, 6.45) is 0. The molecule has 0 saturated heterocycles. The van der Waals surface area contributed by atoms with Gasteiger partial charge in [-0.05, 0) is 42.8 Å². The predicted molar refractivity (Wildman–Crippen MR) is 80.5 cm³/mol. The first-order valence-electron chi connectivity index (χ1n) is 5.63. The normalized spacial score (nSPS) is 11.3. The second kappa shape index (κ2) is 5.41. The number of halogens is 2. The van der Waals surface area contributed by atoms with Crippen molar-refractivity contribution in [2.45, 2.75) is 11.8 Å². The Labute approximate surface area is 125 Å². The first-order chi connectivity index (χ1) is 9.29. The van der Waals surface area contributed by atoms with Gasteiger partial charge in [0.15, 0.2) is 0 Å². The topological polar surface area (TPSA) is 72.2 Å². The third-order valence-corrected chi connectivity index (χ3v) is 4.58. The van der Waals surface area contributed by atoms with Gasteiger partial charge >= 0.3 is 0 Å².